The molecule has 0 aliphatic carbocycles. The predicted molar refractivity (Wildman–Crippen MR) is 81.2 cm³/mol. The third-order valence-electron chi connectivity index (χ3n) is 3.44. The molecule has 0 bridgehead atoms. The van der Waals surface area contributed by atoms with Crippen LogP contribution >= 0.6 is 0 Å². The van der Waals surface area contributed by atoms with Crippen LogP contribution in [0.2, 0.25) is 0 Å². The van der Waals surface area contributed by atoms with Gasteiger partial charge in [0.1, 0.15) is 11.6 Å². The Kier molecular flexibility index (Phi) is 2.86. The molecule has 0 unspecified atom stereocenters. The SMILES string of the molecule is Cn1c(=O)c(-c2ccc(F)c(N)c2)cc2cnc(N)cc21. The molecule has 0 radical (unpaired) electrons. The van der Waals surface area contributed by atoms with E-state index < -0.39 is 5.82 Å². The Bertz CT molecular complexity index is 917. The average molecular weight is 284 g/mol. The Morgan fingerprint density at radius 3 is 2.67 bits per heavy atom. The molecule has 106 valence electrons. The molecule has 0 aliphatic heterocycles. The number of aromatic nitrogens is 2. The molecule has 0 atom stereocenters. The van der Waals surface area contributed by atoms with Gasteiger partial charge in [-0.15, -0.1) is 0 Å². The van der Waals surface area contributed by atoms with Crippen LogP contribution in [0.5, 0.6) is 0 Å². The van der Waals surface area contributed by atoms with Crippen molar-refractivity contribution in [2.24, 2.45) is 7.05 Å². The van der Waals surface area contributed by atoms with Crippen molar-refractivity contribution in [3.63, 3.8) is 0 Å². The van der Waals surface area contributed by atoms with Crippen molar-refractivity contribution < 1.29 is 4.39 Å². The first-order chi connectivity index (χ1) is 9.97. The van der Waals surface area contributed by atoms with E-state index in [-0.39, 0.29) is 11.2 Å². The molecule has 0 amide bonds. The summed E-state index contributed by atoms with van der Waals surface area (Å²) in [7, 11) is 1.65. The van der Waals surface area contributed by atoms with Crippen molar-refractivity contribution in [1.82, 2.24) is 9.55 Å². The molecule has 2 aromatic heterocycles. The van der Waals surface area contributed by atoms with E-state index >= 15 is 0 Å². The largest absolute Gasteiger partial charge is 0.396 e. The molecule has 0 aliphatic rings. The third-order valence-corrected chi connectivity index (χ3v) is 3.44. The summed E-state index contributed by atoms with van der Waals surface area (Å²) in [4.78, 5) is 16.5. The summed E-state index contributed by atoms with van der Waals surface area (Å²) in [5, 5.41) is 0.768. The van der Waals surface area contributed by atoms with Crippen LogP contribution < -0.4 is 17.0 Å². The summed E-state index contributed by atoms with van der Waals surface area (Å²) in [5.41, 5.74) is 12.7. The second kappa shape index (κ2) is 4.59. The van der Waals surface area contributed by atoms with Crippen LogP contribution in [-0.4, -0.2) is 9.55 Å². The van der Waals surface area contributed by atoms with Gasteiger partial charge in [-0.25, -0.2) is 9.37 Å². The van der Waals surface area contributed by atoms with E-state index in [2.05, 4.69) is 4.98 Å². The molecule has 21 heavy (non-hydrogen) atoms. The number of hydrogen-bond donors (Lipinski definition) is 2. The first-order valence-electron chi connectivity index (χ1n) is 6.28. The summed E-state index contributed by atoms with van der Waals surface area (Å²) in [6.07, 6.45) is 1.60. The van der Waals surface area contributed by atoms with Gasteiger partial charge >= 0.3 is 0 Å². The Labute approximate surface area is 119 Å². The zero-order valence-electron chi connectivity index (χ0n) is 11.3. The quantitative estimate of drug-likeness (QED) is 0.668. The lowest BCUT2D eigenvalue weighted by atomic mass is 10.0. The lowest BCUT2D eigenvalue weighted by Gasteiger charge is -2.10. The van der Waals surface area contributed by atoms with Crippen LogP contribution in [0.15, 0.2) is 41.3 Å². The monoisotopic (exact) mass is 284 g/mol. The molecule has 1 aromatic carbocycles. The Morgan fingerprint density at radius 1 is 1.19 bits per heavy atom. The van der Waals surface area contributed by atoms with Gasteiger partial charge in [-0.2, -0.15) is 0 Å². The number of anilines is 2. The van der Waals surface area contributed by atoms with Crippen LogP contribution in [0.3, 0.4) is 0 Å². The van der Waals surface area contributed by atoms with Gasteiger partial charge in [0, 0.05) is 30.3 Å². The standard InChI is InChI=1S/C15H13FN4O/c1-20-13-6-14(18)19-7-9(13)4-10(15(20)21)8-2-3-11(16)12(17)5-8/h2-7H,17H2,1H3,(H2,18,19). The predicted octanol–water partition coefficient (Wildman–Crippen LogP) is 1.90. The van der Waals surface area contributed by atoms with Crippen LogP contribution in [-0.2, 0) is 7.05 Å². The zero-order valence-corrected chi connectivity index (χ0v) is 11.3. The minimum absolute atomic E-state index is 0.00470. The second-order valence-electron chi connectivity index (χ2n) is 4.83. The second-order valence-corrected chi connectivity index (χ2v) is 4.83. The molecule has 0 saturated heterocycles. The molecule has 5 nitrogen and oxygen atoms in total. The number of nitrogens with zero attached hydrogens (tertiary/aromatic N) is 2. The van der Waals surface area contributed by atoms with Crippen molar-refractivity contribution in [3.8, 4) is 11.1 Å². The van der Waals surface area contributed by atoms with Gasteiger partial charge in [-0.1, -0.05) is 6.07 Å². The maximum absolute atomic E-state index is 13.3. The molecule has 3 aromatic rings. The summed E-state index contributed by atoms with van der Waals surface area (Å²) >= 11 is 0. The number of halogens is 1. The van der Waals surface area contributed by atoms with E-state index in [0.29, 0.717) is 22.5 Å². The number of benzene rings is 1. The Morgan fingerprint density at radius 2 is 1.95 bits per heavy atom. The first-order valence-corrected chi connectivity index (χ1v) is 6.28. The van der Waals surface area contributed by atoms with Crippen molar-refractivity contribution in [2.75, 3.05) is 11.5 Å². The molecular weight excluding hydrogens is 271 g/mol. The summed E-state index contributed by atoms with van der Waals surface area (Å²) in [6.45, 7) is 0. The van der Waals surface area contributed by atoms with Crippen LogP contribution in [0.25, 0.3) is 22.0 Å². The molecule has 6 heteroatoms. The van der Waals surface area contributed by atoms with E-state index in [1.165, 1.54) is 22.8 Å². The van der Waals surface area contributed by atoms with Gasteiger partial charge in [-0.05, 0) is 23.8 Å². The first kappa shape index (κ1) is 13.1. The van der Waals surface area contributed by atoms with E-state index in [1.54, 1.807) is 25.4 Å². The van der Waals surface area contributed by atoms with E-state index in [9.17, 15) is 9.18 Å². The highest BCUT2D eigenvalue weighted by atomic mass is 19.1. The lowest BCUT2D eigenvalue weighted by Crippen LogP contribution is -2.19. The normalized spacial score (nSPS) is 11.0. The maximum Gasteiger partial charge on any atom is 0.258 e. The van der Waals surface area contributed by atoms with Gasteiger partial charge in [0.15, 0.2) is 0 Å². The summed E-state index contributed by atoms with van der Waals surface area (Å²) < 4.78 is 14.7. The number of aryl methyl sites for hydroxylation is 1. The Balaban J connectivity index is 2.33. The topological polar surface area (TPSA) is 86.9 Å². The fourth-order valence-corrected chi connectivity index (χ4v) is 2.30. The number of rotatable bonds is 1. The highest BCUT2D eigenvalue weighted by molar-refractivity contribution is 5.85. The van der Waals surface area contributed by atoms with Crippen molar-refractivity contribution in [1.29, 1.82) is 0 Å². The molecule has 4 N–H and O–H groups in total. The van der Waals surface area contributed by atoms with Gasteiger partial charge in [0.05, 0.1) is 11.2 Å². The minimum Gasteiger partial charge on any atom is -0.396 e. The maximum atomic E-state index is 13.3. The van der Waals surface area contributed by atoms with Gasteiger partial charge in [0.2, 0.25) is 0 Å². The minimum atomic E-state index is -0.509. The molecule has 0 fully saturated rings. The highest BCUT2D eigenvalue weighted by Gasteiger charge is 2.11. The fourth-order valence-electron chi connectivity index (χ4n) is 2.30. The summed E-state index contributed by atoms with van der Waals surface area (Å²) in [5.74, 6) is -0.165. The van der Waals surface area contributed by atoms with Crippen LogP contribution in [0.4, 0.5) is 15.9 Å². The van der Waals surface area contributed by atoms with Gasteiger partial charge in [-0.3, -0.25) is 4.79 Å². The third kappa shape index (κ3) is 2.10. The zero-order chi connectivity index (χ0) is 15.1. The molecule has 2 heterocycles. The van der Waals surface area contributed by atoms with Gasteiger partial charge in [0.25, 0.3) is 5.56 Å². The number of pyridine rings is 2. The number of nitrogens with two attached hydrogens (primary N) is 2. The van der Waals surface area contributed by atoms with E-state index in [1.807, 2.05) is 0 Å². The van der Waals surface area contributed by atoms with Gasteiger partial charge < -0.3 is 16.0 Å². The van der Waals surface area contributed by atoms with Crippen molar-refractivity contribution >= 4 is 22.4 Å². The highest BCUT2D eigenvalue weighted by Crippen LogP contribution is 2.24. The molecular formula is C15H13FN4O. The molecule has 0 saturated carbocycles. The average Bonchev–Trinajstić information content (AvgIpc) is 2.46. The van der Waals surface area contributed by atoms with E-state index in [4.69, 9.17) is 11.5 Å². The van der Waals surface area contributed by atoms with Crippen LogP contribution in [0, 0.1) is 5.82 Å². The molecule has 0 spiro atoms. The summed E-state index contributed by atoms with van der Waals surface area (Å²) in [6, 6.07) is 7.56. The van der Waals surface area contributed by atoms with E-state index in [0.717, 1.165) is 5.39 Å². The number of hydrogen-bond acceptors (Lipinski definition) is 4. The number of nitrogen functional groups attached to an aromatic ring is 2. The van der Waals surface area contributed by atoms with Crippen LogP contribution in [0.1, 0.15) is 0 Å². The van der Waals surface area contributed by atoms with Crippen molar-refractivity contribution in [3.05, 3.63) is 52.7 Å². The Hall–Kier alpha value is -2.89. The number of fused-ring (bicyclic) bond motifs is 1. The van der Waals surface area contributed by atoms with Crippen molar-refractivity contribution in [2.45, 2.75) is 0 Å². The lowest BCUT2D eigenvalue weighted by molar-refractivity contribution is 0.632. The molecule has 3 rings (SSSR count). The smallest absolute Gasteiger partial charge is 0.258 e. The fraction of sp³-hybridized carbons (Fsp3) is 0.0667.